The average molecular weight is 310 g/mol. The molecule has 0 radical (unpaired) electrons. The van der Waals surface area contributed by atoms with E-state index < -0.39 is 0 Å². The molecule has 1 aromatic heterocycles. The Hall–Kier alpha value is -1.03. The number of ether oxygens (including phenoxy) is 2. The Morgan fingerprint density at radius 1 is 1.10 bits per heavy atom. The number of fused-ring (bicyclic) bond motifs is 1. The first kappa shape index (κ1) is 16.3. The minimum absolute atomic E-state index is 0.358. The van der Waals surface area contributed by atoms with Crippen molar-refractivity contribution in [1.82, 2.24) is 4.98 Å². The van der Waals surface area contributed by atoms with Gasteiger partial charge in [0.05, 0.1) is 18.7 Å². The van der Waals surface area contributed by atoms with Crippen LogP contribution in [0.25, 0.3) is 10.9 Å². The Morgan fingerprint density at radius 2 is 1.76 bits per heavy atom. The number of H-pyrrole nitrogens is 1. The normalized spacial score (nSPS) is 11.6. The third-order valence-electron chi connectivity index (χ3n) is 3.44. The largest absolute Gasteiger partial charge is 0.361 e. The van der Waals surface area contributed by atoms with Crippen LogP contribution in [0.2, 0.25) is 5.02 Å². The van der Waals surface area contributed by atoms with Gasteiger partial charge in [-0.05, 0) is 31.0 Å². The van der Waals surface area contributed by atoms with Crippen molar-refractivity contribution in [1.29, 1.82) is 0 Å². The highest BCUT2D eigenvalue weighted by Gasteiger charge is 2.17. The molecule has 0 spiro atoms. The summed E-state index contributed by atoms with van der Waals surface area (Å²) in [6, 6.07) is 5.90. The summed E-state index contributed by atoms with van der Waals surface area (Å²) in [4.78, 5) is 3.26. The van der Waals surface area contributed by atoms with Crippen LogP contribution < -0.4 is 0 Å². The number of halogens is 1. The second kappa shape index (κ2) is 8.42. The molecular formula is C17H24ClNO2. The minimum atomic E-state index is -0.358. The smallest absolute Gasteiger partial charge is 0.185 e. The van der Waals surface area contributed by atoms with Crippen molar-refractivity contribution in [3.63, 3.8) is 0 Å². The van der Waals surface area contributed by atoms with Crippen LogP contribution in [0.1, 0.15) is 51.4 Å². The van der Waals surface area contributed by atoms with Crippen molar-refractivity contribution in [2.45, 2.75) is 45.8 Å². The molecule has 2 rings (SSSR count). The molecule has 2 aromatic rings. The van der Waals surface area contributed by atoms with Crippen LogP contribution in [0.3, 0.4) is 0 Å². The second-order valence-corrected chi connectivity index (χ2v) is 5.65. The lowest BCUT2D eigenvalue weighted by atomic mass is 10.1. The van der Waals surface area contributed by atoms with Crippen LogP contribution in [0.4, 0.5) is 0 Å². The Bertz CT molecular complexity index is 543. The molecule has 0 aliphatic rings. The van der Waals surface area contributed by atoms with Gasteiger partial charge in [-0.3, -0.25) is 0 Å². The van der Waals surface area contributed by atoms with Crippen LogP contribution in [0, 0.1) is 0 Å². The van der Waals surface area contributed by atoms with Gasteiger partial charge in [-0.15, -0.1) is 0 Å². The first-order chi connectivity index (χ1) is 10.3. The fourth-order valence-corrected chi connectivity index (χ4v) is 2.48. The molecule has 21 heavy (non-hydrogen) atoms. The van der Waals surface area contributed by atoms with Crippen LogP contribution in [0.15, 0.2) is 24.4 Å². The van der Waals surface area contributed by atoms with Gasteiger partial charge in [0, 0.05) is 22.2 Å². The van der Waals surface area contributed by atoms with E-state index in [9.17, 15) is 0 Å². The molecule has 1 aromatic carbocycles. The molecule has 0 fully saturated rings. The highest BCUT2D eigenvalue weighted by molar-refractivity contribution is 6.31. The molecule has 0 saturated carbocycles. The molecule has 0 amide bonds. The maximum atomic E-state index is 6.22. The van der Waals surface area contributed by atoms with Gasteiger partial charge in [-0.25, -0.2) is 0 Å². The maximum Gasteiger partial charge on any atom is 0.185 e. The molecule has 0 atom stereocenters. The van der Waals surface area contributed by atoms with Gasteiger partial charge in [0.25, 0.3) is 0 Å². The van der Waals surface area contributed by atoms with Crippen molar-refractivity contribution >= 4 is 22.5 Å². The van der Waals surface area contributed by atoms with Crippen molar-refractivity contribution in [2.75, 3.05) is 13.2 Å². The molecular weight excluding hydrogens is 286 g/mol. The molecule has 1 N–H and O–H groups in total. The molecule has 116 valence electrons. The van der Waals surface area contributed by atoms with E-state index in [4.69, 9.17) is 21.1 Å². The maximum absolute atomic E-state index is 6.22. The zero-order chi connectivity index (χ0) is 15.1. The predicted octanol–water partition coefficient (Wildman–Crippen LogP) is 5.45. The van der Waals surface area contributed by atoms with Gasteiger partial charge in [0.15, 0.2) is 6.29 Å². The third kappa shape index (κ3) is 4.47. The molecule has 3 nitrogen and oxygen atoms in total. The summed E-state index contributed by atoms with van der Waals surface area (Å²) in [6.45, 7) is 5.70. The van der Waals surface area contributed by atoms with Gasteiger partial charge in [-0.1, -0.05) is 38.3 Å². The summed E-state index contributed by atoms with van der Waals surface area (Å²) in [5, 5.41) is 1.79. The molecule has 0 aliphatic heterocycles. The summed E-state index contributed by atoms with van der Waals surface area (Å²) in [7, 11) is 0. The van der Waals surface area contributed by atoms with Gasteiger partial charge in [-0.2, -0.15) is 0 Å². The van der Waals surface area contributed by atoms with Crippen molar-refractivity contribution < 1.29 is 9.47 Å². The van der Waals surface area contributed by atoms with E-state index in [0.29, 0.717) is 18.2 Å². The summed E-state index contributed by atoms with van der Waals surface area (Å²) in [5.74, 6) is 0. The fraction of sp³-hybridized carbons (Fsp3) is 0.529. The number of unbranched alkanes of at least 4 members (excludes halogenated alkanes) is 2. The highest BCUT2D eigenvalue weighted by Crippen LogP contribution is 2.30. The van der Waals surface area contributed by atoms with E-state index in [1.165, 1.54) is 0 Å². The van der Waals surface area contributed by atoms with Crippen LogP contribution in [-0.4, -0.2) is 18.2 Å². The number of aromatic amines is 1. The lowest BCUT2D eigenvalue weighted by Gasteiger charge is -2.20. The Labute approximate surface area is 131 Å². The van der Waals surface area contributed by atoms with Crippen molar-refractivity contribution in [3.05, 3.63) is 35.0 Å². The van der Waals surface area contributed by atoms with E-state index in [-0.39, 0.29) is 6.29 Å². The summed E-state index contributed by atoms with van der Waals surface area (Å²) in [5.41, 5.74) is 2.02. The summed E-state index contributed by atoms with van der Waals surface area (Å²) < 4.78 is 11.9. The molecule has 0 bridgehead atoms. The first-order valence-corrected chi connectivity index (χ1v) is 8.13. The molecule has 1 heterocycles. The van der Waals surface area contributed by atoms with Crippen LogP contribution in [0.5, 0.6) is 0 Å². The third-order valence-corrected chi connectivity index (χ3v) is 3.66. The number of hydrogen-bond donors (Lipinski definition) is 1. The van der Waals surface area contributed by atoms with Crippen LogP contribution in [-0.2, 0) is 9.47 Å². The predicted molar refractivity (Wildman–Crippen MR) is 87.8 cm³/mol. The van der Waals surface area contributed by atoms with E-state index in [1.807, 2.05) is 24.4 Å². The minimum Gasteiger partial charge on any atom is -0.361 e. The van der Waals surface area contributed by atoms with Crippen LogP contribution >= 0.6 is 11.6 Å². The summed E-state index contributed by atoms with van der Waals surface area (Å²) in [6.07, 6.45) is 5.83. The lowest BCUT2D eigenvalue weighted by molar-refractivity contribution is -0.147. The van der Waals surface area contributed by atoms with Crippen molar-refractivity contribution in [3.8, 4) is 0 Å². The molecule has 0 aliphatic carbocycles. The number of rotatable bonds is 9. The Balaban J connectivity index is 2.21. The lowest BCUT2D eigenvalue weighted by Crippen LogP contribution is -2.11. The van der Waals surface area contributed by atoms with Crippen molar-refractivity contribution in [2.24, 2.45) is 0 Å². The first-order valence-electron chi connectivity index (χ1n) is 7.76. The standard InChI is InChI=1S/C17H24ClNO2/c1-3-5-9-20-17(21-10-6-4-2)15-12-14(18)11-13-7-8-19-16(13)15/h7-8,11-12,17,19H,3-6,9-10H2,1-2H3. The molecule has 4 heteroatoms. The molecule has 0 unspecified atom stereocenters. The van der Waals surface area contributed by atoms with Gasteiger partial charge in [0.1, 0.15) is 0 Å². The zero-order valence-electron chi connectivity index (χ0n) is 12.8. The Kier molecular flexibility index (Phi) is 6.55. The number of aromatic nitrogens is 1. The average Bonchev–Trinajstić information content (AvgIpc) is 2.93. The number of hydrogen-bond acceptors (Lipinski definition) is 2. The quantitative estimate of drug-likeness (QED) is 0.493. The second-order valence-electron chi connectivity index (χ2n) is 5.22. The molecule has 0 saturated heterocycles. The van der Waals surface area contributed by atoms with E-state index in [1.54, 1.807) is 0 Å². The van der Waals surface area contributed by atoms with Gasteiger partial charge in [0.2, 0.25) is 0 Å². The summed E-state index contributed by atoms with van der Waals surface area (Å²) >= 11 is 6.22. The van der Waals surface area contributed by atoms with E-state index in [2.05, 4.69) is 18.8 Å². The Morgan fingerprint density at radius 3 is 2.38 bits per heavy atom. The van der Waals surface area contributed by atoms with Gasteiger partial charge >= 0.3 is 0 Å². The topological polar surface area (TPSA) is 34.2 Å². The fourth-order valence-electron chi connectivity index (χ4n) is 2.25. The van der Waals surface area contributed by atoms with Gasteiger partial charge < -0.3 is 14.5 Å². The van der Waals surface area contributed by atoms with E-state index in [0.717, 1.165) is 42.1 Å². The van der Waals surface area contributed by atoms with E-state index >= 15 is 0 Å². The zero-order valence-corrected chi connectivity index (χ0v) is 13.6. The number of benzene rings is 1. The SMILES string of the molecule is CCCCOC(OCCCC)c1cc(Cl)cc2cc[nH]c12. The number of nitrogens with one attached hydrogen (secondary N) is 1. The monoisotopic (exact) mass is 309 g/mol. The highest BCUT2D eigenvalue weighted by atomic mass is 35.5.